The summed E-state index contributed by atoms with van der Waals surface area (Å²) in [5.74, 6) is 2.86. The van der Waals surface area contributed by atoms with Crippen LogP contribution >= 0.6 is 0 Å². The smallest absolute Gasteiger partial charge is 0.293 e. The van der Waals surface area contributed by atoms with Gasteiger partial charge in [-0.3, -0.25) is 0 Å². The van der Waals surface area contributed by atoms with Crippen molar-refractivity contribution in [2.75, 3.05) is 26.7 Å². The molecular formula is C14H28BNO. The lowest BCUT2D eigenvalue weighted by molar-refractivity contribution is 0.145. The second-order valence-electron chi connectivity index (χ2n) is 6.12. The highest BCUT2D eigenvalue weighted by Gasteiger charge is 2.38. The van der Waals surface area contributed by atoms with E-state index in [-0.39, 0.29) is 0 Å². The maximum absolute atomic E-state index is 5.58. The van der Waals surface area contributed by atoms with Crippen molar-refractivity contribution in [1.29, 1.82) is 0 Å². The Bertz CT molecular complexity index is 218. The highest BCUT2D eigenvalue weighted by molar-refractivity contribution is 6.52. The van der Waals surface area contributed by atoms with Gasteiger partial charge in [0, 0.05) is 13.7 Å². The standard InChI is InChI=1S/C14H28BNO/c1-4-16(5-2)11-14-7-12-6-13(8-14)10-15(9-12)17-3/h12-14H,4-11H2,1-3H3. The molecule has 0 aromatic carbocycles. The Morgan fingerprint density at radius 1 is 1.06 bits per heavy atom. The third-order valence-corrected chi connectivity index (χ3v) is 4.94. The van der Waals surface area contributed by atoms with E-state index in [2.05, 4.69) is 18.7 Å². The van der Waals surface area contributed by atoms with Gasteiger partial charge < -0.3 is 9.55 Å². The predicted molar refractivity (Wildman–Crippen MR) is 74.5 cm³/mol. The van der Waals surface area contributed by atoms with E-state index in [9.17, 15) is 0 Å². The lowest BCUT2D eigenvalue weighted by atomic mass is 9.46. The Balaban J connectivity index is 1.85. The zero-order valence-electron chi connectivity index (χ0n) is 11.8. The van der Waals surface area contributed by atoms with Crippen LogP contribution in [0, 0.1) is 17.8 Å². The van der Waals surface area contributed by atoms with Crippen molar-refractivity contribution >= 4 is 6.92 Å². The van der Waals surface area contributed by atoms with Crippen LogP contribution in [0.5, 0.6) is 0 Å². The summed E-state index contributed by atoms with van der Waals surface area (Å²) in [6, 6.07) is 0. The monoisotopic (exact) mass is 237 g/mol. The molecular weight excluding hydrogens is 209 g/mol. The van der Waals surface area contributed by atoms with Crippen LogP contribution < -0.4 is 0 Å². The van der Waals surface area contributed by atoms with E-state index in [1.807, 2.05) is 7.11 Å². The molecule has 2 aliphatic rings. The summed E-state index contributed by atoms with van der Waals surface area (Å²) in [4.78, 5) is 2.60. The average molecular weight is 237 g/mol. The number of rotatable bonds is 5. The molecule has 1 aliphatic carbocycles. The van der Waals surface area contributed by atoms with Gasteiger partial charge in [0.2, 0.25) is 0 Å². The maximum Gasteiger partial charge on any atom is 0.293 e. The van der Waals surface area contributed by atoms with Crippen molar-refractivity contribution in [3.63, 3.8) is 0 Å². The molecule has 0 radical (unpaired) electrons. The highest BCUT2D eigenvalue weighted by atomic mass is 16.4. The lowest BCUT2D eigenvalue weighted by Crippen LogP contribution is -2.39. The van der Waals surface area contributed by atoms with Crippen LogP contribution in [0.15, 0.2) is 0 Å². The van der Waals surface area contributed by atoms with Crippen LogP contribution in [0.4, 0.5) is 0 Å². The van der Waals surface area contributed by atoms with Crippen molar-refractivity contribution in [2.45, 2.75) is 45.8 Å². The summed E-state index contributed by atoms with van der Waals surface area (Å²) in [7, 11) is 1.89. The van der Waals surface area contributed by atoms with Crippen LogP contribution in [0.2, 0.25) is 12.6 Å². The molecule has 1 saturated heterocycles. The van der Waals surface area contributed by atoms with E-state index in [1.165, 1.54) is 51.5 Å². The second kappa shape index (κ2) is 6.24. The molecule has 2 nitrogen and oxygen atoms in total. The summed E-state index contributed by atoms with van der Waals surface area (Å²) < 4.78 is 5.58. The van der Waals surface area contributed by atoms with Crippen molar-refractivity contribution in [3.8, 4) is 0 Å². The molecule has 1 heterocycles. The largest absolute Gasteiger partial charge is 0.438 e. The number of nitrogens with zero attached hydrogens (tertiary/aromatic N) is 1. The van der Waals surface area contributed by atoms with Gasteiger partial charge in [-0.25, -0.2) is 0 Å². The Morgan fingerprint density at radius 3 is 2.12 bits per heavy atom. The first-order chi connectivity index (χ1) is 8.25. The fraction of sp³-hybridized carbons (Fsp3) is 1.00. The zero-order chi connectivity index (χ0) is 12.3. The molecule has 1 aliphatic heterocycles. The summed E-state index contributed by atoms with van der Waals surface area (Å²) in [5.41, 5.74) is 0. The summed E-state index contributed by atoms with van der Waals surface area (Å²) >= 11 is 0. The minimum atomic E-state index is 0.563. The van der Waals surface area contributed by atoms with Crippen LogP contribution in [-0.2, 0) is 4.65 Å². The molecule has 17 heavy (non-hydrogen) atoms. The number of hydrogen-bond acceptors (Lipinski definition) is 2. The van der Waals surface area contributed by atoms with Crippen LogP contribution in [0.3, 0.4) is 0 Å². The topological polar surface area (TPSA) is 12.5 Å². The van der Waals surface area contributed by atoms with Crippen LogP contribution in [0.1, 0.15) is 33.1 Å². The van der Waals surface area contributed by atoms with E-state index in [1.54, 1.807) is 0 Å². The van der Waals surface area contributed by atoms with Gasteiger partial charge in [-0.2, -0.15) is 0 Å². The molecule has 0 spiro atoms. The molecule has 1 saturated carbocycles. The van der Waals surface area contributed by atoms with Gasteiger partial charge in [0.15, 0.2) is 0 Å². The summed E-state index contributed by atoms with van der Waals surface area (Å²) in [6.45, 7) is 8.89. The Morgan fingerprint density at radius 2 is 1.65 bits per heavy atom. The Kier molecular flexibility index (Phi) is 4.92. The van der Waals surface area contributed by atoms with Crippen molar-refractivity contribution < 1.29 is 4.65 Å². The fourth-order valence-corrected chi connectivity index (χ4v) is 4.12. The highest BCUT2D eigenvalue weighted by Crippen LogP contribution is 2.43. The molecule has 98 valence electrons. The van der Waals surface area contributed by atoms with Crippen molar-refractivity contribution in [1.82, 2.24) is 4.90 Å². The van der Waals surface area contributed by atoms with E-state index in [0.717, 1.165) is 17.8 Å². The Labute approximate surface area is 107 Å². The quantitative estimate of drug-likeness (QED) is 0.681. The molecule has 0 aromatic rings. The molecule has 0 N–H and O–H groups in total. The number of hydrogen-bond donors (Lipinski definition) is 0. The first kappa shape index (κ1) is 13.4. The normalized spacial score (nSPS) is 33.2. The summed E-state index contributed by atoms with van der Waals surface area (Å²) in [5, 5.41) is 0. The minimum absolute atomic E-state index is 0.563. The SMILES string of the molecule is CCN(CC)CC1CC2CB(OC)CC(C2)C1. The maximum atomic E-state index is 5.58. The lowest BCUT2D eigenvalue weighted by Gasteiger charge is -2.42. The minimum Gasteiger partial charge on any atom is -0.438 e. The first-order valence-electron chi connectivity index (χ1n) is 7.50. The van der Waals surface area contributed by atoms with Crippen molar-refractivity contribution in [2.24, 2.45) is 17.8 Å². The van der Waals surface area contributed by atoms with E-state index in [4.69, 9.17) is 4.65 Å². The molecule has 2 rings (SSSR count). The van der Waals surface area contributed by atoms with Crippen molar-refractivity contribution in [3.05, 3.63) is 0 Å². The van der Waals surface area contributed by atoms with Gasteiger partial charge in [0.25, 0.3) is 6.92 Å². The van der Waals surface area contributed by atoms with Gasteiger partial charge in [0.1, 0.15) is 0 Å². The zero-order valence-corrected chi connectivity index (χ0v) is 11.8. The molecule has 2 bridgehead atoms. The average Bonchev–Trinajstić information content (AvgIpc) is 2.34. The van der Waals surface area contributed by atoms with Crippen LogP contribution in [-0.4, -0.2) is 38.6 Å². The van der Waals surface area contributed by atoms with E-state index < -0.39 is 0 Å². The van der Waals surface area contributed by atoms with Gasteiger partial charge in [-0.1, -0.05) is 13.8 Å². The van der Waals surface area contributed by atoms with Gasteiger partial charge in [-0.15, -0.1) is 0 Å². The van der Waals surface area contributed by atoms with Crippen LogP contribution in [0.25, 0.3) is 0 Å². The fourth-order valence-electron chi connectivity index (χ4n) is 4.12. The third kappa shape index (κ3) is 3.48. The van der Waals surface area contributed by atoms with Gasteiger partial charge in [-0.05, 0) is 62.7 Å². The van der Waals surface area contributed by atoms with E-state index in [0.29, 0.717) is 6.92 Å². The molecule has 0 amide bonds. The molecule has 2 unspecified atom stereocenters. The van der Waals surface area contributed by atoms with Gasteiger partial charge >= 0.3 is 0 Å². The molecule has 3 heteroatoms. The molecule has 2 fully saturated rings. The summed E-state index contributed by atoms with van der Waals surface area (Å²) in [6.07, 6.45) is 7.03. The van der Waals surface area contributed by atoms with E-state index >= 15 is 0 Å². The van der Waals surface area contributed by atoms with Gasteiger partial charge in [0.05, 0.1) is 0 Å². The second-order valence-corrected chi connectivity index (χ2v) is 6.12. The molecule has 0 aromatic heterocycles. The first-order valence-corrected chi connectivity index (χ1v) is 7.50. The third-order valence-electron chi connectivity index (χ3n) is 4.94. The predicted octanol–water partition coefficient (Wildman–Crippen LogP) is 3.01. The Hall–Kier alpha value is -0.0151. The molecule has 2 atom stereocenters. The number of fused-ring (bicyclic) bond motifs is 2.